The molecule has 6 nitrogen and oxygen atoms in total. The molecule has 5 atom stereocenters. The second kappa shape index (κ2) is 9.11. The van der Waals surface area contributed by atoms with Gasteiger partial charge in [0.2, 0.25) is 0 Å². The summed E-state index contributed by atoms with van der Waals surface area (Å²) < 4.78 is 5.66. The summed E-state index contributed by atoms with van der Waals surface area (Å²) in [5.41, 5.74) is 2.51. The van der Waals surface area contributed by atoms with Gasteiger partial charge in [-0.05, 0) is 22.8 Å². The van der Waals surface area contributed by atoms with Crippen LogP contribution in [0.5, 0.6) is 0 Å². The van der Waals surface area contributed by atoms with E-state index in [1.54, 1.807) is 29.5 Å². The minimum absolute atomic E-state index is 0.469. The normalized spacial score (nSPS) is 26.6. The van der Waals surface area contributed by atoms with E-state index < -0.39 is 37.1 Å². The SMILES string of the molecule is OC[C@H]1O[C@@H](c2ccc(Cl)c(Cc3ncc(-c4ccccc4)s3)c2)[C@H](O)[C@@H](O)[C@@H]1O. The summed E-state index contributed by atoms with van der Waals surface area (Å²) in [5, 5.41) is 41.3. The van der Waals surface area contributed by atoms with Gasteiger partial charge in [-0.1, -0.05) is 54.1 Å². The highest BCUT2D eigenvalue weighted by Gasteiger charge is 2.44. The highest BCUT2D eigenvalue weighted by molar-refractivity contribution is 7.15. The average Bonchev–Trinajstić information content (AvgIpc) is 3.23. The number of benzene rings is 2. The molecule has 0 saturated carbocycles. The molecule has 4 N–H and O–H groups in total. The molecule has 1 fully saturated rings. The van der Waals surface area contributed by atoms with Gasteiger partial charge in [-0.3, -0.25) is 0 Å². The first-order valence-electron chi connectivity index (χ1n) is 9.57. The van der Waals surface area contributed by atoms with E-state index in [0.717, 1.165) is 21.0 Å². The summed E-state index contributed by atoms with van der Waals surface area (Å²) in [6.07, 6.45) is -3.66. The lowest BCUT2D eigenvalue weighted by Crippen LogP contribution is -2.55. The molecular weight excluding hydrogens is 426 g/mol. The lowest BCUT2D eigenvalue weighted by atomic mass is 9.90. The van der Waals surface area contributed by atoms with Crippen LogP contribution >= 0.6 is 22.9 Å². The molecule has 30 heavy (non-hydrogen) atoms. The zero-order valence-corrected chi connectivity index (χ0v) is 17.5. The van der Waals surface area contributed by atoms with Gasteiger partial charge in [-0.2, -0.15) is 0 Å². The third-order valence-corrected chi connectivity index (χ3v) is 6.66. The fourth-order valence-corrected chi connectivity index (χ4v) is 4.71. The van der Waals surface area contributed by atoms with Crippen LogP contribution in [0.1, 0.15) is 22.2 Å². The van der Waals surface area contributed by atoms with Gasteiger partial charge >= 0.3 is 0 Å². The fourth-order valence-electron chi connectivity index (χ4n) is 3.58. The second-order valence-corrected chi connectivity index (χ2v) is 8.78. The van der Waals surface area contributed by atoms with E-state index in [9.17, 15) is 20.4 Å². The molecule has 1 aliphatic heterocycles. The van der Waals surface area contributed by atoms with Crippen molar-refractivity contribution in [3.63, 3.8) is 0 Å². The van der Waals surface area contributed by atoms with Crippen molar-refractivity contribution in [3.8, 4) is 10.4 Å². The van der Waals surface area contributed by atoms with Crippen LogP contribution in [0.2, 0.25) is 5.02 Å². The van der Waals surface area contributed by atoms with E-state index in [0.29, 0.717) is 17.0 Å². The van der Waals surface area contributed by atoms with Crippen LogP contribution in [0.3, 0.4) is 0 Å². The first kappa shape index (κ1) is 21.4. The smallest absolute Gasteiger partial charge is 0.113 e. The van der Waals surface area contributed by atoms with Crippen LogP contribution in [0.4, 0.5) is 0 Å². The predicted octanol–water partition coefficient (Wildman–Crippen LogP) is 2.57. The summed E-state index contributed by atoms with van der Waals surface area (Å²) >= 11 is 7.98. The molecule has 0 amide bonds. The molecule has 0 radical (unpaired) electrons. The monoisotopic (exact) mass is 447 g/mol. The maximum atomic E-state index is 10.4. The Hall–Kier alpha value is -1.84. The van der Waals surface area contributed by atoms with E-state index in [2.05, 4.69) is 4.98 Å². The third-order valence-electron chi connectivity index (χ3n) is 5.24. The first-order chi connectivity index (χ1) is 14.5. The van der Waals surface area contributed by atoms with Gasteiger partial charge < -0.3 is 25.2 Å². The van der Waals surface area contributed by atoms with Crippen LogP contribution < -0.4 is 0 Å². The van der Waals surface area contributed by atoms with Crippen LogP contribution in [0, 0.1) is 0 Å². The zero-order chi connectivity index (χ0) is 21.3. The van der Waals surface area contributed by atoms with E-state index in [1.165, 1.54) is 0 Å². The lowest BCUT2D eigenvalue weighted by Gasteiger charge is -2.40. The van der Waals surface area contributed by atoms with Gasteiger partial charge in [0, 0.05) is 17.6 Å². The number of nitrogens with zero attached hydrogens (tertiary/aromatic N) is 1. The van der Waals surface area contributed by atoms with Crippen molar-refractivity contribution in [1.82, 2.24) is 4.98 Å². The number of aliphatic hydroxyl groups excluding tert-OH is 4. The van der Waals surface area contributed by atoms with Gasteiger partial charge in [0.1, 0.15) is 30.5 Å². The van der Waals surface area contributed by atoms with Gasteiger partial charge in [-0.15, -0.1) is 11.3 Å². The van der Waals surface area contributed by atoms with Crippen molar-refractivity contribution in [1.29, 1.82) is 0 Å². The van der Waals surface area contributed by atoms with E-state index in [4.69, 9.17) is 16.3 Å². The third kappa shape index (κ3) is 4.29. The van der Waals surface area contributed by atoms with Crippen molar-refractivity contribution in [2.75, 3.05) is 6.61 Å². The van der Waals surface area contributed by atoms with E-state index in [-0.39, 0.29) is 0 Å². The van der Waals surface area contributed by atoms with E-state index >= 15 is 0 Å². The molecular formula is C22H22ClNO5S. The van der Waals surface area contributed by atoms with Crippen LogP contribution in [-0.4, -0.2) is 56.4 Å². The molecule has 0 unspecified atom stereocenters. The van der Waals surface area contributed by atoms with Gasteiger partial charge in [-0.25, -0.2) is 4.98 Å². The molecule has 0 aliphatic carbocycles. The zero-order valence-electron chi connectivity index (χ0n) is 15.9. The van der Waals surface area contributed by atoms with Crippen LogP contribution in [0.25, 0.3) is 10.4 Å². The standard InChI is InChI=1S/C22H22ClNO5S/c23-15-7-6-13(22-21(28)20(27)19(26)16(11-25)29-22)8-14(15)9-18-24-10-17(30-18)12-4-2-1-3-5-12/h1-8,10,16,19-22,25-28H,9,11H2/t16-,19-,20+,21-,22+/m1/s1. The van der Waals surface area contributed by atoms with Gasteiger partial charge in [0.25, 0.3) is 0 Å². The Morgan fingerprint density at radius 2 is 1.77 bits per heavy atom. The molecule has 0 bridgehead atoms. The quantitative estimate of drug-likeness (QED) is 0.479. The number of ether oxygens (including phenoxy) is 1. The highest BCUT2D eigenvalue weighted by atomic mass is 35.5. The van der Waals surface area contributed by atoms with Crippen molar-refractivity contribution in [2.24, 2.45) is 0 Å². The summed E-state index contributed by atoms with van der Waals surface area (Å²) in [7, 11) is 0. The Labute approximate surface area is 183 Å². The minimum atomic E-state index is -1.42. The molecule has 1 saturated heterocycles. The number of aliphatic hydroxyl groups is 4. The van der Waals surface area contributed by atoms with Crippen LogP contribution in [-0.2, 0) is 11.2 Å². The Morgan fingerprint density at radius 1 is 1.00 bits per heavy atom. The Kier molecular flexibility index (Phi) is 6.50. The number of hydrogen-bond donors (Lipinski definition) is 4. The van der Waals surface area contributed by atoms with Gasteiger partial charge in [0.05, 0.1) is 16.5 Å². The lowest BCUT2D eigenvalue weighted by molar-refractivity contribution is -0.231. The maximum Gasteiger partial charge on any atom is 0.113 e. The van der Waals surface area contributed by atoms with Crippen molar-refractivity contribution in [3.05, 3.63) is 75.9 Å². The number of rotatable bonds is 5. The Morgan fingerprint density at radius 3 is 2.50 bits per heavy atom. The molecule has 1 aromatic heterocycles. The summed E-state index contributed by atoms with van der Waals surface area (Å²) in [4.78, 5) is 5.57. The second-order valence-electron chi connectivity index (χ2n) is 7.26. The van der Waals surface area contributed by atoms with E-state index in [1.807, 2.05) is 36.5 Å². The van der Waals surface area contributed by atoms with Crippen molar-refractivity contribution < 1.29 is 25.2 Å². The minimum Gasteiger partial charge on any atom is -0.394 e. The number of hydrogen-bond acceptors (Lipinski definition) is 7. The maximum absolute atomic E-state index is 10.4. The Balaban J connectivity index is 1.57. The largest absolute Gasteiger partial charge is 0.394 e. The summed E-state index contributed by atoms with van der Waals surface area (Å²) in [6, 6.07) is 15.2. The highest BCUT2D eigenvalue weighted by Crippen LogP contribution is 2.35. The topological polar surface area (TPSA) is 103 Å². The van der Waals surface area contributed by atoms with Gasteiger partial charge in [0.15, 0.2) is 0 Å². The summed E-state index contributed by atoms with van der Waals surface area (Å²) in [6.45, 7) is -0.469. The first-order valence-corrected chi connectivity index (χ1v) is 10.8. The van der Waals surface area contributed by atoms with Crippen LogP contribution in [0.15, 0.2) is 54.7 Å². The van der Waals surface area contributed by atoms with Crippen molar-refractivity contribution in [2.45, 2.75) is 36.9 Å². The molecule has 1 aliphatic rings. The average molecular weight is 448 g/mol. The predicted molar refractivity (Wildman–Crippen MR) is 115 cm³/mol. The number of thiazole rings is 1. The molecule has 0 spiro atoms. The molecule has 3 aromatic rings. The molecule has 8 heteroatoms. The molecule has 2 aromatic carbocycles. The Bertz CT molecular complexity index is 996. The fraction of sp³-hybridized carbons (Fsp3) is 0.318. The number of halogens is 1. The molecule has 158 valence electrons. The summed E-state index contributed by atoms with van der Waals surface area (Å²) in [5.74, 6) is 0. The molecule has 4 rings (SSSR count). The molecule has 2 heterocycles. The van der Waals surface area contributed by atoms with Crippen molar-refractivity contribution >= 4 is 22.9 Å². The number of aromatic nitrogens is 1.